The van der Waals surface area contributed by atoms with E-state index in [-0.39, 0.29) is 41.9 Å². The van der Waals surface area contributed by atoms with Crippen molar-refractivity contribution in [3.8, 4) is 17.3 Å². The number of amides is 1. The van der Waals surface area contributed by atoms with Gasteiger partial charge in [-0.15, -0.1) is 0 Å². The van der Waals surface area contributed by atoms with E-state index in [1.54, 1.807) is 62.7 Å². The van der Waals surface area contributed by atoms with Gasteiger partial charge in [0.25, 0.3) is 11.5 Å². The Morgan fingerprint density at radius 1 is 1.05 bits per heavy atom. The standard InChI is InChI=1S/C45H45F4N11O3/c1-26(2)60-23-36(45(47,48)49)55-40(60)30-13-10-27(11-14-30)22-59(44(3)54-25-52-39(56-44)37-38(29-15-16-29)51-24-53-43(37)63-4)19-7-18-50-41(61)33-20-28(12-17-34(33)46)21-35-31-8-5-6-9-32(31)42(62)58-57-35/h5-6,8-14,17,20,23-26,29H,7,15-16,18-19,21-22H2,1-4H3,(H,50,61)(H,58,62)(H,52,54,56). The van der Waals surface area contributed by atoms with Crippen molar-refractivity contribution in [3.05, 3.63) is 135 Å². The summed E-state index contributed by atoms with van der Waals surface area (Å²) in [4.78, 5) is 50.6. The van der Waals surface area contributed by atoms with Crippen molar-refractivity contribution in [2.75, 3.05) is 20.2 Å². The zero-order chi connectivity index (χ0) is 44.5. The summed E-state index contributed by atoms with van der Waals surface area (Å²) in [5, 5.41) is 13.9. The molecular formula is C45H45F4N11O3. The zero-order valence-corrected chi connectivity index (χ0v) is 35.0. The van der Waals surface area contributed by atoms with Gasteiger partial charge in [0.05, 0.1) is 35.8 Å². The number of methoxy groups -OCH3 is 1. The van der Waals surface area contributed by atoms with Crippen LogP contribution in [-0.2, 0) is 19.1 Å². The van der Waals surface area contributed by atoms with Gasteiger partial charge in [-0.05, 0) is 69.4 Å². The Bertz CT molecular complexity index is 2780. The largest absolute Gasteiger partial charge is 0.480 e. The van der Waals surface area contributed by atoms with Crippen LogP contribution in [0.2, 0.25) is 0 Å². The van der Waals surface area contributed by atoms with Crippen LogP contribution in [0.1, 0.15) is 96.1 Å². The number of amidine groups is 1. The van der Waals surface area contributed by atoms with Gasteiger partial charge in [-0.2, -0.15) is 18.3 Å². The Balaban J connectivity index is 1.03. The smallest absolute Gasteiger partial charge is 0.434 e. The number of H-pyrrole nitrogens is 1. The number of aromatic amines is 1. The summed E-state index contributed by atoms with van der Waals surface area (Å²) >= 11 is 0. The summed E-state index contributed by atoms with van der Waals surface area (Å²) in [6, 6.07) is 18.2. The van der Waals surface area contributed by atoms with E-state index in [1.165, 1.54) is 30.1 Å². The number of benzene rings is 3. The molecule has 2 aliphatic rings. The van der Waals surface area contributed by atoms with Crippen LogP contribution in [0.3, 0.4) is 0 Å². The lowest BCUT2D eigenvalue weighted by Gasteiger charge is -2.37. The molecule has 1 unspecified atom stereocenters. The van der Waals surface area contributed by atoms with E-state index in [4.69, 9.17) is 14.7 Å². The molecule has 0 radical (unpaired) electrons. The van der Waals surface area contributed by atoms with Crippen LogP contribution in [0.25, 0.3) is 22.2 Å². The topological polar surface area (TPSA) is 168 Å². The molecule has 0 saturated heterocycles. The molecule has 1 fully saturated rings. The molecule has 3 aromatic heterocycles. The predicted octanol–water partition coefficient (Wildman–Crippen LogP) is 7.17. The number of ether oxygens (including phenoxy) is 1. The Morgan fingerprint density at radius 2 is 1.79 bits per heavy atom. The minimum atomic E-state index is -4.59. The molecule has 1 aliphatic carbocycles. The fourth-order valence-corrected chi connectivity index (χ4v) is 7.68. The summed E-state index contributed by atoms with van der Waals surface area (Å²) in [5.74, 6) is -1.19. The number of aliphatic imine (C=N–C) groups is 2. The number of imidazole rings is 1. The van der Waals surface area contributed by atoms with Gasteiger partial charge in [0.2, 0.25) is 11.7 Å². The quantitative estimate of drug-likeness (QED) is 0.0717. The number of nitrogens with one attached hydrogen (secondary N) is 3. The average Bonchev–Trinajstić information content (AvgIpc) is 4.02. The molecule has 326 valence electrons. The second kappa shape index (κ2) is 17.5. The van der Waals surface area contributed by atoms with E-state index in [0.717, 1.165) is 30.3 Å². The van der Waals surface area contributed by atoms with Crippen LogP contribution in [0.15, 0.2) is 94.0 Å². The lowest BCUT2D eigenvalue weighted by molar-refractivity contribution is -0.140. The van der Waals surface area contributed by atoms with Crippen molar-refractivity contribution in [2.45, 2.75) is 76.9 Å². The third-order valence-electron chi connectivity index (χ3n) is 11.1. The maximum atomic E-state index is 15.2. The molecule has 0 spiro atoms. The lowest BCUT2D eigenvalue weighted by Crippen LogP contribution is -2.49. The Kier molecular flexibility index (Phi) is 11.9. The number of hydrogen-bond acceptors (Lipinski definition) is 11. The van der Waals surface area contributed by atoms with Crippen molar-refractivity contribution in [3.63, 3.8) is 0 Å². The van der Waals surface area contributed by atoms with Crippen LogP contribution >= 0.6 is 0 Å². The summed E-state index contributed by atoms with van der Waals surface area (Å²) in [6.45, 7) is 6.26. The van der Waals surface area contributed by atoms with Gasteiger partial charge in [0.15, 0.2) is 5.69 Å². The van der Waals surface area contributed by atoms with E-state index in [1.807, 2.05) is 24.0 Å². The molecule has 18 heteroatoms. The first-order valence-electron chi connectivity index (χ1n) is 20.5. The third-order valence-corrected chi connectivity index (χ3v) is 11.1. The van der Waals surface area contributed by atoms with Crippen molar-refractivity contribution in [2.24, 2.45) is 9.98 Å². The maximum absolute atomic E-state index is 15.2. The number of carbonyl (C=O) groups excluding carboxylic acids is 1. The number of aromatic nitrogens is 6. The molecule has 14 nitrogen and oxygen atoms in total. The van der Waals surface area contributed by atoms with E-state index in [0.29, 0.717) is 64.4 Å². The highest BCUT2D eigenvalue weighted by atomic mass is 19.4. The molecule has 3 aromatic carbocycles. The first kappa shape index (κ1) is 42.9. The van der Waals surface area contributed by atoms with Crippen LogP contribution in [0, 0.1) is 5.82 Å². The fourth-order valence-electron chi connectivity index (χ4n) is 7.68. The normalized spacial score (nSPS) is 16.4. The first-order chi connectivity index (χ1) is 30.2. The van der Waals surface area contributed by atoms with Gasteiger partial charge in [0, 0.05) is 55.2 Å². The van der Waals surface area contributed by atoms with Crippen molar-refractivity contribution in [1.82, 2.24) is 45.2 Å². The molecular weight excluding hydrogens is 819 g/mol. The number of alkyl halides is 3. The van der Waals surface area contributed by atoms with E-state index in [9.17, 15) is 22.8 Å². The molecule has 6 aromatic rings. The molecule has 3 N–H and O–H groups in total. The van der Waals surface area contributed by atoms with Crippen LogP contribution in [-0.4, -0.2) is 78.7 Å². The van der Waals surface area contributed by atoms with Gasteiger partial charge in [-0.1, -0.05) is 48.5 Å². The van der Waals surface area contributed by atoms with Crippen molar-refractivity contribution in [1.29, 1.82) is 0 Å². The van der Waals surface area contributed by atoms with E-state index in [2.05, 4.69) is 35.8 Å². The number of nitrogens with zero attached hydrogens (tertiary/aromatic N) is 8. The number of halogens is 4. The monoisotopic (exact) mass is 863 g/mol. The van der Waals surface area contributed by atoms with Gasteiger partial charge in [0.1, 0.15) is 29.4 Å². The fraction of sp³-hybridized carbons (Fsp3) is 0.333. The second-order valence-corrected chi connectivity index (χ2v) is 16.0. The second-order valence-electron chi connectivity index (χ2n) is 16.0. The van der Waals surface area contributed by atoms with Gasteiger partial charge in [-0.25, -0.2) is 34.4 Å². The van der Waals surface area contributed by atoms with Gasteiger partial charge in [-0.3, -0.25) is 14.5 Å². The SMILES string of the molecule is COc1ncnc(C2CC2)c1C1=NC(C)(N(CCCNC(=O)c2cc(Cc3n[nH]c(=O)c4ccccc34)ccc2F)Cc2ccc(-c3nc(C(F)(F)F)cn3C(C)C)cc2)N=CN1. The zero-order valence-electron chi connectivity index (χ0n) is 35.0. The lowest BCUT2D eigenvalue weighted by atomic mass is 10.0. The van der Waals surface area contributed by atoms with Crippen LogP contribution < -0.4 is 20.9 Å². The third kappa shape index (κ3) is 9.21. The Hall–Kier alpha value is -6.82. The van der Waals surface area contributed by atoms with Gasteiger partial charge >= 0.3 is 6.18 Å². The summed E-state index contributed by atoms with van der Waals surface area (Å²) in [6.07, 6.45) is 2.09. The highest BCUT2D eigenvalue weighted by molar-refractivity contribution is 6.08. The van der Waals surface area contributed by atoms with Gasteiger partial charge < -0.3 is 19.9 Å². The molecule has 1 aliphatic heterocycles. The highest BCUT2D eigenvalue weighted by Gasteiger charge is 2.38. The number of carbonyl (C=O) groups is 1. The number of hydrogen-bond donors (Lipinski definition) is 3. The Morgan fingerprint density at radius 3 is 2.51 bits per heavy atom. The van der Waals surface area contributed by atoms with Crippen LogP contribution in [0.4, 0.5) is 17.6 Å². The molecule has 1 amide bonds. The van der Waals surface area contributed by atoms with E-state index >= 15 is 4.39 Å². The predicted molar refractivity (Wildman–Crippen MR) is 229 cm³/mol. The molecule has 4 heterocycles. The molecule has 63 heavy (non-hydrogen) atoms. The number of fused-ring (bicyclic) bond motifs is 1. The summed E-state index contributed by atoms with van der Waals surface area (Å²) in [7, 11) is 1.54. The molecule has 1 atom stereocenters. The van der Waals surface area contributed by atoms with E-state index < -0.39 is 29.4 Å². The average molecular weight is 864 g/mol. The minimum Gasteiger partial charge on any atom is -0.480 e. The van der Waals surface area contributed by atoms with Crippen molar-refractivity contribution < 1.29 is 27.1 Å². The van der Waals surface area contributed by atoms with Crippen molar-refractivity contribution >= 4 is 28.9 Å². The first-order valence-corrected chi connectivity index (χ1v) is 20.5. The molecule has 1 saturated carbocycles. The molecule has 0 bridgehead atoms. The molecule has 8 rings (SSSR count). The Labute approximate surface area is 359 Å². The summed E-state index contributed by atoms with van der Waals surface area (Å²) in [5.41, 5.74) is 2.61. The minimum absolute atomic E-state index is 0.131. The number of rotatable bonds is 15. The van der Waals surface area contributed by atoms with Crippen LogP contribution in [0.5, 0.6) is 5.88 Å². The highest BCUT2D eigenvalue weighted by Crippen LogP contribution is 2.42. The summed E-state index contributed by atoms with van der Waals surface area (Å²) < 4.78 is 63.3. The maximum Gasteiger partial charge on any atom is 0.434 e.